The van der Waals surface area contributed by atoms with Crippen molar-refractivity contribution in [2.75, 3.05) is 24.3 Å². The first-order valence-electron chi connectivity index (χ1n) is 6.54. The van der Waals surface area contributed by atoms with Crippen molar-refractivity contribution in [1.82, 2.24) is 20.1 Å². The van der Waals surface area contributed by atoms with Crippen LogP contribution in [0.1, 0.15) is 18.2 Å². The third-order valence-electron chi connectivity index (χ3n) is 3.27. The summed E-state index contributed by atoms with van der Waals surface area (Å²) >= 11 is 1.28. The van der Waals surface area contributed by atoms with Gasteiger partial charge in [-0.2, -0.15) is 0 Å². The summed E-state index contributed by atoms with van der Waals surface area (Å²) in [5.41, 5.74) is 0. The van der Waals surface area contributed by atoms with Gasteiger partial charge in [-0.15, -0.1) is 16.8 Å². The standard InChI is InChI=1S/C12H18N4O3S2/c1-3-5-16-11(9-4-6-21(18,19)8-9)14-15-12(16)20-7-10(17)13-2/h3,9H,1,4-8H2,2H3,(H,13,17)/t9-/m0/s1. The lowest BCUT2D eigenvalue weighted by molar-refractivity contribution is -0.118. The molecule has 1 aromatic rings. The highest BCUT2D eigenvalue weighted by atomic mass is 32.2. The highest BCUT2D eigenvalue weighted by Gasteiger charge is 2.33. The lowest BCUT2D eigenvalue weighted by Gasteiger charge is -2.10. The van der Waals surface area contributed by atoms with E-state index in [-0.39, 0.29) is 29.1 Å². The summed E-state index contributed by atoms with van der Waals surface area (Å²) in [6, 6.07) is 0. The van der Waals surface area contributed by atoms with Gasteiger partial charge in [0.15, 0.2) is 15.0 Å². The minimum Gasteiger partial charge on any atom is -0.358 e. The van der Waals surface area contributed by atoms with Gasteiger partial charge in [0.2, 0.25) is 5.91 Å². The molecule has 7 nitrogen and oxygen atoms in total. The number of thioether (sulfide) groups is 1. The average molecular weight is 330 g/mol. The van der Waals surface area contributed by atoms with Crippen molar-refractivity contribution in [2.45, 2.75) is 24.0 Å². The van der Waals surface area contributed by atoms with E-state index in [2.05, 4.69) is 22.1 Å². The Morgan fingerprint density at radius 1 is 1.57 bits per heavy atom. The fraction of sp³-hybridized carbons (Fsp3) is 0.583. The van der Waals surface area contributed by atoms with Gasteiger partial charge >= 0.3 is 0 Å². The molecule has 9 heteroatoms. The number of amides is 1. The van der Waals surface area contributed by atoms with Gasteiger partial charge in [-0.1, -0.05) is 17.8 Å². The fourth-order valence-electron chi connectivity index (χ4n) is 2.21. The van der Waals surface area contributed by atoms with Gasteiger partial charge in [0.05, 0.1) is 17.3 Å². The number of hydrogen-bond donors (Lipinski definition) is 1. The molecule has 0 bridgehead atoms. The Hall–Kier alpha value is -1.35. The summed E-state index contributed by atoms with van der Waals surface area (Å²) in [4.78, 5) is 11.3. The summed E-state index contributed by atoms with van der Waals surface area (Å²) < 4.78 is 25.1. The average Bonchev–Trinajstić information content (AvgIpc) is 3.00. The lowest BCUT2D eigenvalue weighted by atomic mass is 10.1. The van der Waals surface area contributed by atoms with Crippen LogP contribution in [0.5, 0.6) is 0 Å². The Morgan fingerprint density at radius 3 is 2.90 bits per heavy atom. The molecule has 1 saturated heterocycles. The van der Waals surface area contributed by atoms with E-state index >= 15 is 0 Å². The van der Waals surface area contributed by atoms with E-state index in [1.165, 1.54) is 11.8 Å². The molecule has 1 aromatic heterocycles. The number of allylic oxidation sites excluding steroid dienone is 1. The van der Waals surface area contributed by atoms with Crippen LogP contribution >= 0.6 is 11.8 Å². The summed E-state index contributed by atoms with van der Waals surface area (Å²) in [5, 5.41) is 11.4. The molecular formula is C12H18N4O3S2. The summed E-state index contributed by atoms with van der Waals surface area (Å²) in [7, 11) is -1.40. The van der Waals surface area contributed by atoms with Gasteiger partial charge in [0.1, 0.15) is 5.82 Å². The molecule has 1 fully saturated rings. The first-order valence-corrected chi connectivity index (χ1v) is 9.35. The minimum absolute atomic E-state index is 0.0989. The first kappa shape index (κ1) is 16.0. The molecule has 0 spiro atoms. The van der Waals surface area contributed by atoms with E-state index in [0.717, 1.165) is 0 Å². The van der Waals surface area contributed by atoms with E-state index in [1.807, 2.05) is 4.57 Å². The van der Waals surface area contributed by atoms with E-state index in [4.69, 9.17) is 0 Å². The van der Waals surface area contributed by atoms with Crippen molar-refractivity contribution in [3.05, 3.63) is 18.5 Å². The van der Waals surface area contributed by atoms with Crippen LogP contribution in [0.4, 0.5) is 0 Å². The van der Waals surface area contributed by atoms with Gasteiger partial charge in [-0.25, -0.2) is 8.42 Å². The summed E-state index contributed by atoms with van der Waals surface area (Å²) in [6.07, 6.45) is 2.28. The zero-order valence-electron chi connectivity index (χ0n) is 11.8. The highest BCUT2D eigenvalue weighted by Crippen LogP contribution is 2.30. The summed E-state index contributed by atoms with van der Waals surface area (Å²) in [6.45, 7) is 4.20. The third kappa shape index (κ3) is 3.85. The van der Waals surface area contributed by atoms with Crippen LogP contribution in [0.15, 0.2) is 17.8 Å². The number of nitrogens with one attached hydrogen (secondary N) is 1. The van der Waals surface area contributed by atoms with Crippen molar-refractivity contribution in [1.29, 1.82) is 0 Å². The number of carbonyl (C=O) groups is 1. The van der Waals surface area contributed by atoms with Crippen LogP contribution in [-0.4, -0.2) is 53.4 Å². The normalized spacial score (nSPS) is 20.3. The van der Waals surface area contributed by atoms with Crippen LogP contribution in [0.25, 0.3) is 0 Å². The molecule has 0 aromatic carbocycles. The summed E-state index contributed by atoms with van der Waals surface area (Å²) in [5.74, 6) is 0.988. The molecule has 2 rings (SSSR count). The minimum atomic E-state index is -2.97. The van der Waals surface area contributed by atoms with Gasteiger partial charge in [0.25, 0.3) is 0 Å². The molecule has 2 heterocycles. The molecule has 0 unspecified atom stereocenters. The number of carbonyl (C=O) groups excluding carboxylic acids is 1. The number of aromatic nitrogens is 3. The molecule has 1 aliphatic heterocycles. The van der Waals surface area contributed by atoms with Gasteiger partial charge in [-0.05, 0) is 6.42 Å². The molecule has 21 heavy (non-hydrogen) atoms. The number of rotatable bonds is 6. The molecular weight excluding hydrogens is 312 g/mol. The lowest BCUT2D eigenvalue weighted by Crippen LogP contribution is -2.20. The van der Waals surface area contributed by atoms with E-state index in [0.29, 0.717) is 23.9 Å². The molecule has 1 amide bonds. The first-order chi connectivity index (χ1) is 9.96. The van der Waals surface area contributed by atoms with Crippen molar-refractivity contribution < 1.29 is 13.2 Å². The van der Waals surface area contributed by atoms with E-state index in [1.54, 1.807) is 13.1 Å². The quantitative estimate of drug-likeness (QED) is 0.592. The maximum atomic E-state index is 11.6. The van der Waals surface area contributed by atoms with Crippen LogP contribution in [0.2, 0.25) is 0 Å². The van der Waals surface area contributed by atoms with E-state index < -0.39 is 9.84 Å². The molecule has 0 saturated carbocycles. The Labute approximate surface area is 128 Å². The van der Waals surface area contributed by atoms with Crippen LogP contribution in [0, 0.1) is 0 Å². The van der Waals surface area contributed by atoms with Crippen molar-refractivity contribution in [3.63, 3.8) is 0 Å². The van der Waals surface area contributed by atoms with E-state index in [9.17, 15) is 13.2 Å². The van der Waals surface area contributed by atoms with Crippen LogP contribution in [0.3, 0.4) is 0 Å². The van der Waals surface area contributed by atoms with Gasteiger partial charge in [-0.3, -0.25) is 4.79 Å². The predicted molar refractivity (Wildman–Crippen MR) is 81.0 cm³/mol. The molecule has 1 N–H and O–H groups in total. The SMILES string of the molecule is C=CCn1c(SCC(=O)NC)nnc1[C@H]1CCS(=O)(=O)C1. The zero-order chi connectivity index (χ0) is 15.5. The smallest absolute Gasteiger partial charge is 0.230 e. The number of hydrogen-bond acceptors (Lipinski definition) is 6. The molecule has 0 radical (unpaired) electrons. The molecule has 1 atom stereocenters. The van der Waals surface area contributed by atoms with Crippen LogP contribution in [-0.2, 0) is 21.2 Å². The Kier molecular flexibility index (Phi) is 5.04. The van der Waals surface area contributed by atoms with Crippen molar-refractivity contribution in [2.24, 2.45) is 0 Å². The largest absolute Gasteiger partial charge is 0.358 e. The topological polar surface area (TPSA) is 93.9 Å². The maximum Gasteiger partial charge on any atom is 0.230 e. The number of sulfone groups is 1. The predicted octanol–water partition coefficient (Wildman–Crippen LogP) is 0.204. The monoisotopic (exact) mass is 330 g/mol. The second kappa shape index (κ2) is 6.61. The van der Waals surface area contributed by atoms with Crippen molar-refractivity contribution >= 4 is 27.5 Å². The highest BCUT2D eigenvalue weighted by molar-refractivity contribution is 7.99. The fourth-order valence-corrected chi connectivity index (χ4v) is 4.78. The Bertz CT molecular complexity index is 639. The molecule has 0 aliphatic carbocycles. The third-order valence-corrected chi connectivity index (χ3v) is 6.00. The second-order valence-corrected chi connectivity index (χ2v) is 7.97. The van der Waals surface area contributed by atoms with Gasteiger partial charge < -0.3 is 9.88 Å². The van der Waals surface area contributed by atoms with Gasteiger partial charge in [0, 0.05) is 19.5 Å². The van der Waals surface area contributed by atoms with Crippen molar-refractivity contribution in [3.8, 4) is 0 Å². The zero-order valence-corrected chi connectivity index (χ0v) is 13.4. The molecule has 116 valence electrons. The maximum absolute atomic E-state index is 11.6. The second-order valence-electron chi connectivity index (χ2n) is 4.80. The molecule has 1 aliphatic rings. The van der Waals surface area contributed by atoms with Crippen LogP contribution < -0.4 is 5.32 Å². The number of nitrogens with zero attached hydrogens (tertiary/aromatic N) is 3. The Morgan fingerprint density at radius 2 is 2.33 bits per heavy atom. The Balaban J connectivity index is 2.20.